The van der Waals surface area contributed by atoms with Crippen molar-refractivity contribution in [1.29, 1.82) is 0 Å². The molecular weight excluding hydrogens is 152 g/mol. The first-order chi connectivity index (χ1) is 5.74. The average Bonchev–Trinajstić information content (AvgIpc) is 2.31. The summed E-state index contributed by atoms with van der Waals surface area (Å²) in [6.07, 6.45) is 2.93. The Hall–Kier alpha value is -1.07. The van der Waals surface area contributed by atoms with E-state index in [1.807, 2.05) is 6.92 Å². The summed E-state index contributed by atoms with van der Waals surface area (Å²) in [6, 6.07) is 0. The van der Waals surface area contributed by atoms with Gasteiger partial charge in [0.2, 0.25) is 0 Å². The van der Waals surface area contributed by atoms with Crippen LogP contribution < -0.4 is 0 Å². The summed E-state index contributed by atoms with van der Waals surface area (Å²) in [5.74, 6) is 5.61. The molecular formula is C10H12O2. The van der Waals surface area contributed by atoms with Crippen molar-refractivity contribution in [2.75, 3.05) is 0 Å². The Kier molecular flexibility index (Phi) is 3.07. The summed E-state index contributed by atoms with van der Waals surface area (Å²) in [5, 5.41) is 9.06. The van der Waals surface area contributed by atoms with Crippen molar-refractivity contribution in [2.24, 2.45) is 0 Å². The number of Topliss-reactive ketones (excluding diaryl/α,β-unsaturated/α-hetero) is 1. The summed E-state index contributed by atoms with van der Waals surface area (Å²) < 4.78 is 0. The maximum absolute atomic E-state index is 11.0. The molecule has 12 heavy (non-hydrogen) atoms. The second-order valence-corrected chi connectivity index (χ2v) is 2.83. The van der Waals surface area contributed by atoms with Crippen molar-refractivity contribution in [3.63, 3.8) is 0 Å². The molecule has 1 atom stereocenters. The molecule has 0 aromatic rings. The second kappa shape index (κ2) is 4.08. The standard InChI is InChI=1S/C10H12O2/c1-2-3-4-5-8-6-9(11)7-10(8)12/h6,9,11H,2-3,7H2,1H3. The molecule has 1 unspecified atom stereocenters. The predicted molar refractivity (Wildman–Crippen MR) is 46.4 cm³/mol. The van der Waals surface area contributed by atoms with E-state index < -0.39 is 6.10 Å². The van der Waals surface area contributed by atoms with Crippen LogP contribution in [0, 0.1) is 11.8 Å². The molecule has 2 heteroatoms. The van der Waals surface area contributed by atoms with Crippen LogP contribution in [0.1, 0.15) is 26.2 Å². The van der Waals surface area contributed by atoms with Gasteiger partial charge in [-0.3, -0.25) is 4.79 Å². The van der Waals surface area contributed by atoms with E-state index >= 15 is 0 Å². The number of ketones is 1. The summed E-state index contributed by atoms with van der Waals surface area (Å²) in [6.45, 7) is 2.04. The minimum atomic E-state index is -0.608. The number of carbonyl (C=O) groups is 1. The molecule has 0 saturated carbocycles. The molecule has 0 aromatic heterocycles. The van der Waals surface area contributed by atoms with Crippen LogP contribution in [0.25, 0.3) is 0 Å². The zero-order valence-corrected chi connectivity index (χ0v) is 7.13. The fourth-order valence-electron chi connectivity index (χ4n) is 1.04. The Morgan fingerprint density at radius 3 is 3.00 bits per heavy atom. The molecule has 0 spiro atoms. The van der Waals surface area contributed by atoms with E-state index in [0.717, 1.165) is 12.8 Å². The number of hydrogen-bond donors (Lipinski definition) is 1. The molecule has 1 aliphatic carbocycles. The van der Waals surface area contributed by atoms with Crippen LogP contribution in [0.4, 0.5) is 0 Å². The van der Waals surface area contributed by atoms with Crippen molar-refractivity contribution in [3.8, 4) is 11.8 Å². The van der Waals surface area contributed by atoms with Gasteiger partial charge in [-0.15, -0.1) is 0 Å². The maximum atomic E-state index is 11.0. The molecule has 0 aromatic carbocycles. The van der Waals surface area contributed by atoms with Gasteiger partial charge < -0.3 is 5.11 Å². The van der Waals surface area contributed by atoms with Crippen molar-refractivity contribution in [2.45, 2.75) is 32.3 Å². The smallest absolute Gasteiger partial charge is 0.173 e. The van der Waals surface area contributed by atoms with Crippen LogP contribution in [0.5, 0.6) is 0 Å². The third kappa shape index (κ3) is 2.21. The lowest BCUT2D eigenvalue weighted by atomic mass is 10.2. The summed E-state index contributed by atoms with van der Waals surface area (Å²) >= 11 is 0. The molecule has 0 aliphatic heterocycles. The number of allylic oxidation sites excluding steroid dienone is 1. The fourth-order valence-corrected chi connectivity index (χ4v) is 1.04. The van der Waals surface area contributed by atoms with E-state index in [-0.39, 0.29) is 12.2 Å². The lowest BCUT2D eigenvalue weighted by Gasteiger charge is -1.88. The van der Waals surface area contributed by atoms with Gasteiger partial charge in [0.15, 0.2) is 5.78 Å². The highest BCUT2D eigenvalue weighted by Crippen LogP contribution is 2.13. The molecule has 0 fully saturated rings. The highest BCUT2D eigenvalue weighted by Gasteiger charge is 2.20. The van der Waals surface area contributed by atoms with Crippen LogP contribution in [-0.2, 0) is 4.79 Å². The van der Waals surface area contributed by atoms with Crippen LogP contribution in [0.3, 0.4) is 0 Å². The third-order valence-electron chi connectivity index (χ3n) is 1.65. The Bertz CT molecular complexity index is 265. The van der Waals surface area contributed by atoms with E-state index in [2.05, 4.69) is 11.8 Å². The van der Waals surface area contributed by atoms with Crippen LogP contribution in [-0.4, -0.2) is 17.0 Å². The Morgan fingerprint density at radius 2 is 2.50 bits per heavy atom. The number of carbonyl (C=O) groups excluding carboxylic acids is 1. The molecule has 0 bridgehead atoms. The topological polar surface area (TPSA) is 37.3 Å². The number of unbranched alkanes of at least 4 members (excludes halogenated alkanes) is 1. The minimum Gasteiger partial charge on any atom is -0.389 e. The molecule has 0 radical (unpaired) electrons. The number of aliphatic hydroxyl groups excluding tert-OH is 1. The summed E-state index contributed by atoms with van der Waals surface area (Å²) in [5.41, 5.74) is 0.482. The van der Waals surface area contributed by atoms with Gasteiger partial charge in [-0.25, -0.2) is 0 Å². The number of hydrogen-bond acceptors (Lipinski definition) is 2. The normalized spacial score (nSPS) is 21.7. The van der Waals surface area contributed by atoms with Crippen molar-refractivity contribution >= 4 is 5.78 Å². The quantitative estimate of drug-likeness (QED) is 0.588. The molecule has 0 heterocycles. The van der Waals surface area contributed by atoms with E-state index in [0.29, 0.717) is 5.57 Å². The van der Waals surface area contributed by atoms with E-state index in [1.165, 1.54) is 6.08 Å². The summed E-state index contributed by atoms with van der Waals surface area (Å²) in [4.78, 5) is 11.0. The van der Waals surface area contributed by atoms with Crippen molar-refractivity contribution < 1.29 is 9.90 Å². The molecule has 1 rings (SSSR count). The van der Waals surface area contributed by atoms with Crippen LogP contribution in [0.2, 0.25) is 0 Å². The lowest BCUT2D eigenvalue weighted by molar-refractivity contribution is -0.115. The first-order valence-electron chi connectivity index (χ1n) is 4.16. The largest absolute Gasteiger partial charge is 0.389 e. The first-order valence-corrected chi connectivity index (χ1v) is 4.16. The van der Waals surface area contributed by atoms with Gasteiger partial charge in [-0.2, -0.15) is 0 Å². The number of aliphatic hydroxyl groups is 1. The molecule has 64 valence electrons. The summed E-state index contributed by atoms with van der Waals surface area (Å²) in [7, 11) is 0. The average molecular weight is 164 g/mol. The SMILES string of the molecule is CCCC#CC1=CC(O)CC1=O. The highest BCUT2D eigenvalue weighted by molar-refractivity contribution is 6.02. The fraction of sp³-hybridized carbons (Fsp3) is 0.500. The van der Waals surface area contributed by atoms with Crippen molar-refractivity contribution in [1.82, 2.24) is 0 Å². The molecule has 1 aliphatic rings. The Balaban J connectivity index is 2.59. The van der Waals surface area contributed by atoms with Gasteiger partial charge in [-0.05, 0) is 12.5 Å². The predicted octanol–water partition coefficient (Wildman–Crippen LogP) is 1.05. The van der Waals surface area contributed by atoms with Crippen LogP contribution >= 0.6 is 0 Å². The lowest BCUT2D eigenvalue weighted by Crippen LogP contribution is -2.00. The van der Waals surface area contributed by atoms with E-state index in [1.54, 1.807) is 0 Å². The molecule has 1 N–H and O–H groups in total. The molecule has 2 nitrogen and oxygen atoms in total. The molecule has 0 amide bonds. The second-order valence-electron chi connectivity index (χ2n) is 2.83. The van der Waals surface area contributed by atoms with Gasteiger partial charge in [0, 0.05) is 12.8 Å². The van der Waals surface area contributed by atoms with Gasteiger partial charge in [0.05, 0.1) is 11.7 Å². The van der Waals surface area contributed by atoms with Gasteiger partial charge in [0.25, 0.3) is 0 Å². The number of rotatable bonds is 1. The monoisotopic (exact) mass is 164 g/mol. The maximum Gasteiger partial charge on any atom is 0.173 e. The van der Waals surface area contributed by atoms with Gasteiger partial charge >= 0.3 is 0 Å². The molecule has 0 saturated heterocycles. The van der Waals surface area contributed by atoms with Crippen LogP contribution in [0.15, 0.2) is 11.6 Å². The van der Waals surface area contributed by atoms with Gasteiger partial charge in [0.1, 0.15) is 0 Å². The first kappa shape index (κ1) is 9.02. The van der Waals surface area contributed by atoms with E-state index in [9.17, 15) is 4.79 Å². The minimum absolute atomic E-state index is 0.0360. The highest BCUT2D eigenvalue weighted by atomic mass is 16.3. The Labute approximate surface area is 72.3 Å². The zero-order chi connectivity index (χ0) is 8.97. The Morgan fingerprint density at radius 1 is 1.75 bits per heavy atom. The van der Waals surface area contributed by atoms with Crippen molar-refractivity contribution in [3.05, 3.63) is 11.6 Å². The zero-order valence-electron chi connectivity index (χ0n) is 7.13. The van der Waals surface area contributed by atoms with E-state index in [4.69, 9.17) is 5.11 Å². The third-order valence-corrected chi connectivity index (χ3v) is 1.65. The van der Waals surface area contributed by atoms with Gasteiger partial charge in [-0.1, -0.05) is 18.8 Å².